The summed E-state index contributed by atoms with van der Waals surface area (Å²) in [6.45, 7) is 16.3. The molecule has 0 spiro atoms. The summed E-state index contributed by atoms with van der Waals surface area (Å²) < 4.78 is 18.8. The summed E-state index contributed by atoms with van der Waals surface area (Å²) >= 11 is 0. The van der Waals surface area contributed by atoms with Crippen LogP contribution >= 0.6 is 0 Å². The van der Waals surface area contributed by atoms with E-state index in [-0.39, 0.29) is 35.2 Å². The number of ether oxygens (including phenoxy) is 3. The molecule has 0 radical (unpaired) electrons. The van der Waals surface area contributed by atoms with Crippen molar-refractivity contribution < 1.29 is 44.2 Å². The molecule has 3 saturated carbocycles. The van der Waals surface area contributed by atoms with E-state index in [0.717, 1.165) is 25.7 Å². The van der Waals surface area contributed by atoms with E-state index >= 15 is 0 Å². The van der Waals surface area contributed by atoms with Crippen LogP contribution in [0.1, 0.15) is 93.9 Å². The van der Waals surface area contributed by atoms with Crippen molar-refractivity contribution in [2.75, 3.05) is 33.0 Å². The first kappa shape index (κ1) is 34.8. The second kappa shape index (κ2) is 11.6. The highest BCUT2D eigenvalue weighted by atomic mass is 16.6. The van der Waals surface area contributed by atoms with Gasteiger partial charge in [0, 0.05) is 17.8 Å². The number of hydrogen-bond donors (Lipinski definition) is 4. The fourth-order valence-electron chi connectivity index (χ4n) is 11.6. The number of aliphatic hydroxyl groups is 3. The Morgan fingerprint density at radius 1 is 1.04 bits per heavy atom. The molecule has 1 saturated heterocycles. The molecule has 0 amide bonds. The minimum Gasteiger partial charge on any atom is -0.481 e. The molecule has 9 nitrogen and oxygen atoms in total. The van der Waals surface area contributed by atoms with E-state index in [9.17, 15) is 30.0 Å². The molecule has 1 heterocycles. The highest BCUT2D eigenvalue weighted by Crippen LogP contribution is 2.75. The van der Waals surface area contributed by atoms with Gasteiger partial charge >= 0.3 is 11.9 Å². The maximum atomic E-state index is 13.3. The summed E-state index contributed by atoms with van der Waals surface area (Å²) in [5.41, 5.74) is -2.40. The van der Waals surface area contributed by atoms with Gasteiger partial charge in [0.05, 0.1) is 39.0 Å². The highest BCUT2D eigenvalue weighted by Gasteiger charge is 2.72. The van der Waals surface area contributed by atoms with Gasteiger partial charge in [-0.25, -0.2) is 0 Å². The van der Waals surface area contributed by atoms with Crippen LogP contribution in [0.4, 0.5) is 0 Å². The van der Waals surface area contributed by atoms with Gasteiger partial charge in [0.15, 0.2) is 0 Å². The molecule has 4 fully saturated rings. The number of hydrogen-bond acceptors (Lipinski definition) is 8. The van der Waals surface area contributed by atoms with Crippen molar-refractivity contribution in [2.24, 2.45) is 56.7 Å². The molecule has 45 heavy (non-hydrogen) atoms. The monoisotopic (exact) mass is 634 g/mol. The van der Waals surface area contributed by atoms with Crippen LogP contribution in [0.25, 0.3) is 0 Å². The SMILES string of the molecule is CC(=O)O[C@@H]1C[C@@]23COC[C@](C)([C@@H]2CC[C@H]2C3=CC[C@@]3(C)[C@H](C(=O)O)[C@@](C)([C@H](C)C(C)C)CC[C@]23C)[C@H]1OCC(O)(CO)CO. The van der Waals surface area contributed by atoms with Crippen molar-refractivity contribution in [3.63, 3.8) is 0 Å². The molecule has 5 aliphatic rings. The smallest absolute Gasteiger partial charge is 0.307 e. The van der Waals surface area contributed by atoms with Crippen LogP contribution in [-0.4, -0.2) is 83.2 Å². The third-order valence-electron chi connectivity index (χ3n) is 14.5. The van der Waals surface area contributed by atoms with Crippen molar-refractivity contribution in [1.82, 2.24) is 0 Å². The van der Waals surface area contributed by atoms with Gasteiger partial charge in [-0.05, 0) is 78.4 Å². The number of fused-ring (bicyclic) bond motifs is 3. The van der Waals surface area contributed by atoms with Crippen LogP contribution in [0, 0.1) is 56.7 Å². The lowest BCUT2D eigenvalue weighted by Gasteiger charge is -2.71. The van der Waals surface area contributed by atoms with Crippen molar-refractivity contribution in [3.8, 4) is 0 Å². The first-order chi connectivity index (χ1) is 20.9. The van der Waals surface area contributed by atoms with Crippen LogP contribution < -0.4 is 0 Å². The zero-order chi connectivity index (χ0) is 33.4. The molecule has 2 bridgehead atoms. The Labute approximate surface area is 269 Å². The van der Waals surface area contributed by atoms with Gasteiger partial charge in [-0.2, -0.15) is 0 Å². The van der Waals surface area contributed by atoms with E-state index in [2.05, 4.69) is 54.5 Å². The van der Waals surface area contributed by atoms with E-state index in [4.69, 9.17) is 14.2 Å². The number of allylic oxidation sites excluding steroid dienone is 1. The van der Waals surface area contributed by atoms with E-state index in [1.165, 1.54) is 12.5 Å². The molecule has 0 aromatic carbocycles. The minimum atomic E-state index is -1.81. The molecule has 256 valence electrons. The maximum Gasteiger partial charge on any atom is 0.307 e. The molecule has 0 unspecified atom stereocenters. The molecule has 5 rings (SSSR count). The van der Waals surface area contributed by atoms with Crippen molar-refractivity contribution in [2.45, 2.75) is 112 Å². The Morgan fingerprint density at radius 3 is 2.29 bits per heavy atom. The zero-order valence-electron chi connectivity index (χ0n) is 28.7. The lowest BCUT2D eigenvalue weighted by Crippen LogP contribution is -2.70. The highest BCUT2D eigenvalue weighted by molar-refractivity contribution is 5.73. The van der Waals surface area contributed by atoms with E-state index < -0.39 is 65.1 Å². The lowest BCUT2D eigenvalue weighted by molar-refractivity contribution is -0.275. The first-order valence-electron chi connectivity index (χ1n) is 17.1. The second-order valence-electron chi connectivity index (χ2n) is 17.0. The van der Waals surface area contributed by atoms with Gasteiger partial charge in [-0.3, -0.25) is 9.59 Å². The lowest BCUT2D eigenvalue weighted by atomic mass is 9.34. The Bertz CT molecular complexity index is 1190. The number of carbonyl (C=O) groups is 2. The van der Waals surface area contributed by atoms with Gasteiger partial charge in [0.1, 0.15) is 17.8 Å². The summed E-state index contributed by atoms with van der Waals surface area (Å²) in [6, 6.07) is 0. The number of esters is 1. The van der Waals surface area contributed by atoms with Crippen LogP contribution in [0.3, 0.4) is 0 Å². The number of carbonyl (C=O) groups excluding carboxylic acids is 1. The zero-order valence-corrected chi connectivity index (χ0v) is 28.7. The molecule has 0 aromatic heterocycles. The number of aliphatic carboxylic acids is 1. The van der Waals surface area contributed by atoms with Crippen LogP contribution in [0.15, 0.2) is 11.6 Å². The molecular weight excluding hydrogens is 576 g/mol. The predicted molar refractivity (Wildman–Crippen MR) is 168 cm³/mol. The first-order valence-corrected chi connectivity index (χ1v) is 17.1. The summed E-state index contributed by atoms with van der Waals surface area (Å²) in [5.74, 6) is -0.583. The molecule has 0 aromatic rings. The molecule has 11 atom stereocenters. The van der Waals surface area contributed by atoms with Crippen molar-refractivity contribution in [1.29, 1.82) is 0 Å². The Balaban J connectivity index is 1.58. The normalized spacial score (nSPS) is 45.1. The van der Waals surface area contributed by atoms with Crippen LogP contribution in [-0.2, 0) is 23.8 Å². The van der Waals surface area contributed by atoms with E-state index in [0.29, 0.717) is 32.0 Å². The summed E-state index contributed by atoms with van der Waals surface area (Å²) in [7, 11) is 0. The van der Waals surface area contributed by atoms with Gasteiger partial charge < -0.3 is 34.6 Å². The van der Waals surface area contributed by atoms with E-state index in [1.807, 2.05) is 0 Å². The molecule has 4 aliphatic carbocycles. The summed E-state index contributed by atoms with van der Waals surface area (Å²) in [5, 5.41) is 41.0. The fourth-order valence-corrected chi connectivity index (χ4v) is 11.6. The van der Waals surface area contributed by atoms with Gasteiger partial charge in [0.25, 0.3) is 0 Å². The fraction of sp³-hybridized carbons (Fsp3) is 0.889. The Morgan fingerprint density at radius 2 is 1.71 bits per heavy atom. The number of rotatable bonds is 9. The predicted octanol–water partition coefficient (Wildman–Crippen LogP) is 4.61. The summed E-state index contributed by atoms with van der Waals surface area (Å²) in [6.07, 6.45) is 6.00. The third kappa shape index (κ3) is 4.96. The Kier molecular flexibility index (Phi) is 8.95. The Hall–Kier alpha value is -1.52. The van der Waals surface area contributed by atoms with Crippen LogP contribution in [0.5, 0.6) is 0 Å². The number of carboxylic acid groups (broad SMARTS) is 1. The second-order valence-corrected chi connectivity index (χ2v) is 17.0. The van der Waals surface area contributed by atoms with Crippen molar-refractivity contribution in [3.05, 3.63) is 11.6 Å². The third-order valence-corrected chi connectivity index (χ3v) is 14.5. The number of carboxylic acids is 1. The molecule has 9 heteroatoms. The van der Waals surface area contributed by atoms with Gasteiger partial charge in [-0.1, -0.05) is 60.1 Å². The standard InChI is InChI=1S/C36H58O9/c1-21(2)22(3)31(5)13-14-33(7)24-9-10-27-32(6)18-43-20-36(27,25(24)11-12-34(33,8)28(31)30(40)41)15-26(45-23(4)39)29(32)44-19-35(42,16-37)17-38/h11,21-22,24,26-29,37-38,42H,9-10,12-20H2,1-8H3,(H,40,41)/t22-,24+,26-,27+,28-,29+,31-,32-,33-,34+,36+/m1/s1. The molecule has 1 aliphatic heterocycles. The molecule has 4 N–H and O–H groups in total. The quantitative estimate of drug-likeness (QED) is 0.211. The van der Waals surface area contributed by atoms with Crippen molar-refractivity contribution >= 4 is 11.9 Å². The average Bonchev–Trinajstić information content (AvgIpc) is 2.96. The maximum absolute atomic E-state index is 13.3. The van der Waals surface area contributed by atoms with E-state index in [1.54, 1.807) is 0 Å². The van der Waals surface area contributed by atoms with Gasteiger partial charge in [0.2, 0.25) is 0 Å². The van der Waals surface area contributed by atoms with Crippen LogP contribution in [0.2, 0.25) is 0 Å². The summed E-state index contributed by atoms with van der Waals surface area (Å²) in [4.78, 5) is 25.8. The number of aliphatic hydroxyl groups excluding tert-OH is 2. The largest absolute Gasteiger partial charge is 0.481 e. The van der Waals surface area contributed by atoms with Gasteiger partial charge in [-0.15, -0.1) is 0 Å². The average molecular weight is 635 g/mol. The minimum absolute atomic E-state index is 0.160. The molecular formula is C36H58O9. The topological polar surface area (TPSA) is 143 Å².